The van der Waals surface area contributed by atoms with Gasteiger partial charge in [-0.05, 0) is 51.4 Å². The third-order valence-corrected chi connectivity index (χ3v) is 3.94. The maximum Gasteiger partial charge on any atom is 0.333 e. The highest BCUT2D eigenvalue weighted by Gasteiger charge is 2.47. The third kappa shape index (κ3) is 1.95. The molecule has 0 amide bonds. The van der Waals surface area contributed by atoms with Crippen molar-refractivity contribution in [1.82, 2.24) is 0 Å². The average molecular weight is 208 g/mol. The van der Waals surface area contributed by atoms with E-state index in [2.05, 4.69) is 6.58 Å². The first-order valence-electron chi connectivity index (χ1n) is 6.03. The Hall–Kier alpha value is -0.790. The molecule has 84 valence electrons. The van der Waals surface area contributed by atoms with Crippen LogP contribution in [0, 0.1) is 5.92 Å². The summed E-state index contributed by atoms with van der Waals surface area (Å²) in [5.74, 6) is 0.429. The standard InChI is InChI=1S/C13H20O2/c1-10(2)12(14)15-13-8-4-3-6-11(13)7-5-9-13/h11H,1,3-9H2,2H3. The molecule has 2 nitrogen and oxygen atoms in total. The fourth-order valence-electron chi connectivity index (χ4n) is 3.12. The van der Waals surface area contributed by atoms with Crippen molar-refractivity contribution in [2.75, 3.05) is 0 Å². The van der Waals surface area contributed by atoms with Crippen LogP contribution in [0.2, 0.25) is 0 Å². The molecule has 0 heterocycles. The van der Waals surface area contributed by atoms with Gasteiger partial charge in [-0.15, -0.1) is 0 Å². The summed E-state index contributed by atoms with van der Waals surface area (Å²) in [6.07, 6.45) is 8.34. The minimum absolute atomic E-state index is 0.117. The molecule has 0 spiro atoms. The largest absolute Gasteiger partial charge is 0.455 e. The number of carbonyl (C=O) groups excluding carboxylic acids is 1. The van der Waals surface area contributed by atoms with Gasteiger partial charge in [-0.1, -0.05) is 13.0 Å². The number of hydrogen-bond donors (Lipinski definition) is 0. The summed E-state index contributed by atoms with van der Waals surface area (Å²) >= 11 is 0. The summed E-state index contributed by atoms with van der Waals surface area (Å²) in [6, 6.07) is 0. The second kappa shape index (κ2) is 3.99. The Balaban J connectivity index is 2.09. The lowest BCUT2D eigenvalue weighted by molar-refractivity contribution is -0.162. The first kappa shape index (κ1) is 10.7. The fourth-order valence-corrected chi connectivity index (χ4v) is 3.12. The summed E-state index contributed by atoms with van der Waals surface area (Å²) in [7, 11) is 0. The van der Waals surface area contributed by atoms with Crippen molar-refractivity contribution in [2.24, 2.45) is 5.92 Å². The lowest BCUT2D eigenvalue weighted by Gasteiger charge is -2.38. The smallest absolute Gasteiger partial charge is 0.333 e. The molecule has 0 saturated heterocycles. The minimum Gasteiger partial charge on any atom is -0.455 e. The van der Waals surface area contributed by atoms with Crippen LogP contribution in [0.4, 0.5) is 0 Å². The molecule has 2 atom stereocenters. The predicted molar refractivity (Wildman–Crippen MR) is 59.4 cm³/mol. The summed E-state index contributed by atoms with van der Waals surface area (Å²) < 4.78 is 5.73. The maximum absolute atomic E-state index is 11.6. The van der Waals surface area contributed by atoms with Gasteiger partial charge >= 0.3 is 5.97 Å². The highest BCUT2D eigenvalue weighted by Crippen LogP contribution is 2.48. The molecule has 2 rings (SSSR count). The van der Waals surface area contributed by atoms with Crippen LogP contribution in [-0.4, -0.2) is 11.6 Å². The molecule has 0 radical (unpaired) electrons. The molecule has 0 aromatic carbocycles. The topological polar surface area (TPSA) is 26.3 Å². The van der Waals surface area contributed by atoms with Crippen LogP contribution in [0.15, 0.2) is 12.2 Å². The normalized spacial score (nSPS) is 34.6. The Bertz CT molecular complexity index is 282. The Kier molecular flexibility index (Phi) is 2.85. The Labute approximate surface area is 91.7 Å². The Morgan fingerprint density at radius 3 is 2.67 bits per heavy atom. The lowest BCUT2D eigenvalue weighted by Crippen LogP contribution is -2.41. The van der Waals surface area contributed by atoms with E-state index in [1.807, 2.05) is 0 Å². The molecule has 15 heavy (non-hydrogen) atoms. The van der Waals surface area contributed by atoms with Crippen LogP contribution in [0.25, 0.3) is 0 Å². The molecular weight excluding hydrogens is 188 g/mol. The number of carbonyl (C=O) groups is 1. The van der Waals surface area contributed by atoms with Crippen LogP contribution >= 0.6 is 0 Å². The summed E-state index contributed by atoms with van der Waals surface area (Å²) in [4.78, 5) is 11.6. The van der Waals surface area contributed by atoms with E-state index in [0.717, 1.165) is 12.8 Å². The lowest BCUT2D eigenvalue weighted by atomic mass is 9.77. The molecule has 0 aromatic rings. The summed E-state index contributed by atoms with van der Waals surface area (Å²) in [5.41, 5.74) is 0.412. The number of hydrogen-bond acceptors (Lipinski definition) is 2. The number of ether oxygens (including phenoxy) is 1. The summed E-state index contributed by atoms with van der Waals surface area (Å²) in [6.45, 7) is 5.38. The van der Waals surface area contributed by atoms with Crippen molar-refractivity contribution in [3.63, 3.8) is 0 Å². The molecule has 0 bridgehead atoms. The van der Waals surface area contributed by atoms with Crippen LogP contribution in [0.3, 0.4) is 0 Å². The van der Waals surface area contributed by atoms with Gasteiger partial charge in [0.25, 0.3) is 0 Å². The average Bonchev–Trinajstić information content (AvgIpc) is 2.60. The minimum atomic E-state index is -0.191. The van der Waals surface area contributed by atoms with E-state index in [1.54, 1.807) is 6.92 Å². The van der Waals surface area contributed by atoms with Crippen molar-refractivity contribution in [1.29, 1.82) is 0 Å². The van der Waals surface area contributed by atoms with Gasteiger partial charge < -0.3 is 4.74 Å². The molecule has 2 aliphatic rings. The molecule has 2 aliphatic carbocycles. The van der Waals surface area contributed by atoms with E-state index in [4.69, 9.17) is 4.74 Å². The van der Waals surface area contributed by atoms with E-state index in [1.165, 1.54) is 32.1 Å². The van der Waals surface area contributed by atoms with Crippen LogP contribution < -0.4 is 0 Å². The molecule has 2 unspecified atom stereocenters. The molecular formula is C13H20O2. The van der Waals surface area contributed by atoms with Gasteiger partial charge in [0.1, 0.15) is 5.60 Å². The predicted octanol–water partition coefficient (Wildman–Crippen LogP) is 3.22. The molecule has 2 fully saturated rings. The van der Waals surface area contributed by atoms with Crippen LogP contribution in [-0.2, 0) is 9.53 Å². The molecule has 0 aromatic heterocycles. The van der Waals surface area contributed by atoms with E-state index < -0.39 is 0 Å². The summed E-state index contributed by atoms with van der Waals surface area (Å²) in [5, 5.41) is 0. The zero-order chi connectivity index (χ0) is 10.9. The van der Waals surface area contributed by atoms with Crippen molar-refractivity contribution in [3.8, 4) is 0 Å². The zero-order valence-corrected chi connectivity index (χ0v) is 9.55. The van der Waals surface area contributed by atoms with Gasteiger partial charge in [0, 0.05) is 5.57 Å². The van der Waals surface area contributed by atoms with Gasteiger partial charge in [0.05, 0.1) is 0 Å². The first-order chi connectivity index (χ1) is 7.14. The van der Waals surface area contributed by atoms with E-state index in [0.29, 0.717) is 11.5 Å². The van der Waals surface area contributed by atoms with Crippen LogP contribution in [0.1, 0.15) is 51.9 Å². The number of esters is 1. The number of rotatable bonds is 2. The monoisotopic (exact) mass is 208 g/mol. The second-order valence-corrected chi connectivity index (χ2v) is 5.07. The van der Waals surface area contributed by atoms with Gasteiger partial charge in [-0.25, -0.2) is 4.79 Å². The third-order valence-electron chi connectivity index (χ3n) is 3.94. The van der Waals surface area contributed by atoms with Crippen LogP contribution in [0.5, 0.6) is 0 Å². The Morgan fingerprint density at radius 2 is 1.93 bits per heavy atom. The molecule has 2 saturated carbocycles. The highest BCUT2D eigenvalue weighted by molar-refractivity contribution is 5.87. The first-order valence-corrected chi connectivity index (χ1v) is 6.03. The van der Waals surface area contributed by atoms with E-state index in [9.17, 15) is 4.79 Å². The maximum atomic E-state index is 11.6. The quantitative estimate of drug-likeness (QED) is 0.514. The van der Waals surface area contributed by atoms with Gasteiger partial charge in [-0.3, -0.25) is 0 Å². The Morgan fingerprint density at radius 1 is 1.27 bits per heavy atom. The number of fused-ring (bicyclic) bond motifs is 1. The molecule has 0 N–H and O–H groups in total. The zero-order valence-electron chi connectivity index (χ0n) is 9.55. The highest BCUT2D eigenvalue weighted by atomic mass is 16.6. The molecule has 0 aliphatic heterocycles. The molecule has 2 heteroatoms. The van der Waals surface area contributed by atoms with Crippen molar-refractivity contribution in [2.45, 2.75) is 57.5 Å². The van der Waals surface area contributed by atoms with Gasteiger partial charge in [0.2, 0.25) is 0 Å². The van der Waals surface area contributed by atoms with E-state index in [-0.39, 0.29) is 11.6 Å². The van der Waals surface area contributed by atoms with Gasteiger partial charge in [0.15, 0.2) is 0 Å². The fraction of sp³-hybridized carbons (Fsp3) is 0.769. The van der Waals surface area contributed by atoms with Crippen molar-refractivity contribution in [3.05, 3.63) is 12.2 Å². The second-order valence-electron chi connectivity index (χ2n) is 5.07. The van der Waals surface area contributed by atoms with Crippen molar-refractivity contribution >= 4 is 5.97 Å². The SMILES string of the molecule is C=C(C)C(=O)OC12CCCCC1CCC2. The van der Waals surface area contributed by atoms with Gasteiger partial charge in [-0.2, -0.15) is 0 Å². The van der Waals surface area contributed by atoms with E-state index >= 15 is 0 Å². The van der Waals surface area contributed by atoms with Crippen molar-refractivity contribution < 1.29 is 9.53 Å².